The van der Waals surface area contributed by atoms with E-state index in [1.807, 2.05) is 0 Å². The predicted octanol–water partition coefficient (Wildman–Crippen LogP) is 5.73. The first-order valence-electron chi connectivity index (χ1n) is 11.1. The first-order chi connectivity index (χ1) is 12.5. The quantitative estimate of drug-likeness (QED) is 0.515. The first kappa shape index (κ1) is 20.4. The van der Waals surface area contributed by atoms with Gasteiger partial charge >= 0.3 is 0 Å². The van der Waals surface area contributed by atoms with Crippen LogP contribution in [0, 0.1) is 23.2 Å². The summed E-state index contributed by atoms with van der Waals surface area (Å²) < 4.78 is 18.4. The number of ether oxygens (including phenoxy) is 3. The monoisotopic (exact) mass is 364 g/mol. The van der Waals surface area contributed by atoms with E-state index in [0.29, 0.717) is 23.9 Å². The van der Waals surface area contributed by atoms with Gasteiger partial charge in [-0.25, -0.2) is 0 Å². The normalized spacial score (nSPS) is 36.5. The molecule has 3 heteroatoms. The topological polar surface area (TPSA) is 27.7 Å². The largest absolute Gasteiger partial charge is 0.378 e. The van der Waals surface area contributed by atoms with Crippen LogP contribution < -0.4 is 0 Å². The minimum Gasteiger partial charge on any atom is -0.378 e. The molecule has 150 valence electrons. The van der Waals surface area contributed by atoms with Gasteiger partial charge in [0.25, 0.3) is 0 Å². The van der Waals surface area contributed by atoms with Gasteiger partial charge in [-0.3, -0.25) is 0 Å². The highest BCUT2D eigenvalue weighted by atomic mass is 16.7. The summed E-state index contributed by atoms with van der Waals surface area (Å²) in [6, 6.07) is 0. The van der Waals surface area contributed by atoms with Crippen LogP contribution in [0.1, 0.15) is 79.1 Å². The van der Waals surface area contributed by atoms with Crippen molar-refractivity contribution in [2.75, 3.05) is 13.2 Å². The molecule has 2 saturated heterocycles. The van der Waals surface area contributed by atoms with Crippen LogP contribution in [-0.4, -0.2) is 31.7 Å². The molecule has 0 spiro atoms. The van der Waals surface area contributed by atoms with Gasteiger partial charge in [0.05, 0.1) is 12.2 Å². The molecule has 0 amide bonds. The third kappa shape index (κ3) is 4.91. The van der Waals surface area contributed by atoms with Crippen LogP contribution >= 0.6 is 0 Å². The number of rotatable bonds is 8. The fourth-order valence-corrected chi connectivity index (χ4v) is 5.10. The molecule has 6 atom stereocenters. The first-order valence-corrected chi connectivity index (χ1v) is 11.1. The zero-order valence-electron chi connectivity index (χ0n) is 17.4. The molecule has 1 aliphatic carbocycles. The summed E-state index contributed by atoms with van der Waals surface area (Å²) in [5, 5.41) is 0. The third-order valence-electron chi connectivity index (χ3n) is 6.91. The van der Waals surface area contributed by atoms with Gasteiger partial charge in [0.2, 0.25) is 0 Å². The maximum atomic E-state index is 6.52. The highest BCUT2D eigenvalue weighted by Crippen LogP contribution is 2.45. The molecule has 0 bridgehead atoms. The highest BCUT2D eigenvalue weighted by Gasteiger charge is 2.43. The second-order valence-corrected chi connectivity index (χ2v) is 9.48. The van der Waals surface area contributed by atoms with E-state index in [2.05, 4.69) is 39.8 Å². The van der Waals surface area contributed by atoms with Crippen LogP contribution in [-0.2, 0) is 14.2 Å². The Morgan fingerprint density at radius 3 is 2.73 bits per heavy atom. The molecule has 3 fully saturated rings. The second kappa shape index (κ2) is 9.21. The van der Waals surface area contributed by atoms with Gasteiger partial charge < -0.3 is 14.2 Å². The summed E-state index contributed by atoms with van der Waals surface area (Å²) in [5.41, 5.74) is 0.140. The van der Waals surface area contributed by atoms with Gasteiger partial charge in [-0.2, -0.15) is 0 Å². The van der Waals surface area contributed by atoms with E-state index in [9.17, 15) is 0 Å². The average molecular weight is 365 g/mol. The fourth-order valence-electron chi connectivity index (χ4n) is 5.10. The summed E-state index contributed by atoms with van der Waals surface area (Å²) in [5.74, 6) is 2.07. The molecule has 3 rings (SSSR count). The van der Waals surface area contributed by atoms with Gasteiger partial charge in [0.15, 0.2) is 6.29 Å². The Morgan fingerprint density at radius 1 is 1.15 bits per heavy atom. The Labute approximate surface area is 160 Å². The van der Waals surface area contributed by atoms with Crippen LogP contribution in [0.15, 0.2) is 12.2 Å². The maximum Gasteiger partial charge on any atom is 0.158 e. The number of hydrogen-bond acceptors (Lipinski definition) is 3. The van der Waals surface area contributed by atoms with Crippen molar-refractivity contribution in [2.45, 2.75) is 97.6 Å². The minimum atomic E-state index is -0.0251. The summed E-state index contributed by atoms with van der Waals surface area (Å²) >= 11 is 0. The molecule has 2 aliphatic heterocycles. The van der Waals surface area contributed by atoms with Gasteiger partial charge in [0, 0.05) is 13.2 Å². The van der Waals surface area contributed by atoms with E-state index in [-0.39, 0.29) is 17.8 Å². The van der Waals surface area contributed by atoms with Crippen molar-refractivity contribution in [1.82, 2.24) is 0 Å². The molecule has 6 unspecified atom stereocenters. The minimum absolute atomic E-state index is 0.0251. The van der Waals surface area contributed by atoms with Crippen molar-refractivity contribution < 1.29 is 14.2 Å². The van der Waals surface area contributed by atoms with Crippen molar-refractivity contribution in [3.05, 3.63) is 12.2 Å². The molecule has 1 saturated carbocycles. The van der Waals surface area contributed by atoms with Crippen molar-refractivity contribution >= 4 is 0 Å². The SMILES string of the molecule is CCCCC(C)(C)C(/C=C/C1C(C)CC2OCCC21)OC1CCCCO1. The number of hydrogen-bond donors (Lipinski definition) is 0. The maximum absolute atomic E-state index is 6.52. The average Bonchev–Trinajstić information content (AvgIpc) is 3.18. The predicted molar refractivity (Wildman–Crippen MR) is 106 cm³/mol. The Bertz CT molecular complexity index is 452. The molecule has 0 aromatic carbocycles. The van der Waals surface area contributed by atoms with Gasteiger partial charge in [-0.15, -0.1) is 0 Å². The lowest BCUT2D eigenvalue weighted by Crippen LogP contribution is -2.36. The second-order valence-electron chi connectivity index (χ2n) is 9.48. The molecule has 3 nitrogen and oxygen atoms in total. The van der Waals surface area contributed by atoms with E-state index < -0.39 is 0 Å². The molecule has 3 aliphatic rings. The van der Waals surface area contributed by atoms with Crippen LogP contribution in [0.2, 0.25) is 0 Å². The lowest BCUT2D eigenvalue weighted by Gasteiger charge is -2.36. The molecule has 0 N–H and O–H groups in total. The van der Waals surface area contributed by atoms with Crippen LogP contribution in [0.25, 0.3) is 0 Å². The van der Waals surface area contributed by atoms with E-state index in [0.717, 1.165) is 19.6 Å². The lowest BCUT2D eigenvalue weighted by molar-refractivity contribution is -0.197. The molecular weight excluding hydrogens is 324 g/mol. The van der Waals surface area contributed by atoms with Gasteiger partial charge in [0.1, 0.15) is 0 Å². The van der Waals surface area contributed by atoms with Crippen molar-refractivity contribution in [2.24, 2.45) is 23.2 Å². The van der Waals surface area contributed by atoms with E-state index >= 15 is 0 Å². The lowest BCUT2D eigenvalue weighted by atomic mass is 9.80. The molecule has 0 aromatic heterocycles. The smallest absolute Gasteiger partial charge is 0.158 e. The number of fused-ring (bicyclic) bond motifs is 1. The third-order valence-corrected chi connectivity index (χ3v) is 6.91. The number of unbranched alkanes of at least 4 members (excludes halogenated alkanes) is 1. The van der Waals surface area contributed by atoms with Crippen molar-refractivity contribution in [1.29, 1.82) is 0 Å². The zero-order valence-corrected chi connectivity index (χ0v) is 17.4. The molecule has 0 aromatic rings. The van der Waals surface area contributed by atoms with Crippen LogP contribution in [0.3, 0.4) is 0 Å². The standard InChI is InChI=1S/C23H40O3/c1-5-6-13-23(3,4)21(26-22-9-7-8-14-25-22)11-10-18-17(2)16-20-19(18)12-15-24-20/h10-11,17-22H,5-9,12-16H2,1-4H3/b11-10+. The van der Waals surface area contributed by atoms with E-state index in [1.54, 1.807) is 0 Å². The Balaban J connectivity index is 1.69. The van der Waals surface area contributed by atoms with E-state index in [1.165, 1.54) is 44.9 Å². The summed E-state index contributed by atoms with van der Waals surface area (Å²) in [7, 11) is 0. The summed E-state index contributed by atoms with van der Waals surface area (Å²) in [4.78, 5) is 0. The Hall–Kier alpha value is -0.380. The van der Waals surface area contributed by atoms with Gasteiger partial charge in [-0.1, -0.05) is 52.7 Å². The fraction of sp³-hybridized carbons (Fsp3) is 0.913. The summed E-state index contributed by atoms with van der Waals surface area (Å²) in [6.07, 6.45) is 15.0. The Kier molecular flexibility index (Phi) is 7.21. The number of allylic oxidation sites excluding steroid dienone is 1. The molecule has 2 heterocycles. The zero-order chi connectivity index (χ0) is 18.6. The van der Waals surface area contributed by atoms with Crippen LogP contribution in [0.5, 0.6) is 0 Å². The highest BCUT2D eigenvalue weighted by molar-refractivity contribution is 5.07. The molecule has 0 radical (unpaired) electrons. The van der Waals surface area contributed by atoms with E-state index in [4.69, 9.17) is 14.2 Å². The summed E-state index contributed by atoms with van der Waals surface area (Å²) in [6.45, 7) is 11.2. The van der Waals surface area contributed by atoms with Crippen LogP contribution in [0.4, 0.5) is 0 Å². The Morgan fingerprint density at radius 2 is 2.00 bits per heavy atom. The van der Waals surface area contributed by atoms with Gasteiger partial charge in [-0.05, 0) is 61.7 Å². The molecular formula is C23H40O3. The van der Waals surface area contributed by atoms with Crippen molar-refractivity contribution in [3.63, 3.8) is 0 Å². The molecule has 26 heavy (non-hydrogen) atoms. The van der Waals surface area contributed by atoms with Crippen molar-refractivity contribution in [3.8, 4) is 0 Å².